The average molecular weight is 511 g/mol. The zero-order chi connectivity index (χ0) is 26.7. The van der Waals surface area contributed by atoms with Gasteiger partial charge in [-0.2, -0.15) is 0 Å². The molecule has 10 nitrogen and oxygen atoms in total. The minimum Gasteiger partial charge on any atom is -0.444 e. The lowest BCUT2D eigenvalue weighted by atomic mass is 10.1. The van der Waals surface area contributed by atoms with Crippen molar-refractivity contribution in [3.05, 3.63) is 89.8 Å². The second-order valence-corrected chi connectivity index (χ2v) is 9.50. The molecule has 0 spiro atoms. The second kappa shape index (κ2) is 13.4. The van der Waals surface area contributed by atoms with Crippen molar-refractivity contribution in [1.29, 1.82) is 0 Å². The number of rotatable bonds is 11. The zero-order valence-corrected chi connectivity index (χ0v) is 21.3. The smallest absolute Gasteiger partial charge is 0.422 e. The Hall–Kier alpha value is -3.89. The number of hydrazine groups is 1. The number of carbonyl (C=O) groups is 2. The summed E-state index contributed by atoms with van der Waals surface area (Å²) in [5.74, 6) is 0. The monoisotopic (exact) mass is 510 g/mol. The van der Waals surface area contributed by atoms with Crippen molar-refractivity contribution in [3.8, 4) is 0 Å². The van der Waals surface area contributed by atoms with E-state index in [0.29, 0.717) is 18.4 Å². The summed E-state index contributed by atoms with van der Waals surface area (Å²) < 4.78 is 15.8. The lowest BCUT2D eigenvalue weighted by Crippen LogP contribution is -2.52. The van der Waals surface area contributed by atoms with Crippen LogP contribution in [0.5, 0.6) is 0 Å². The molecule has 0 aliphatic carbocycles. The van der Waals surface area contributed by atoms with E-state index in [4.69, 9.17) is 14.0 Å². The van der Waals surface area contributed by atoms with E-state index in [0.717, 1.165) is 11.1 Å². The third-order valence-corrected chi connectivity index (χ3v) is 5.25. The molecule has 2 atom stereocenters. The Balaban J connectivity index is 1.71. The highest BCUT2D eigenvalue weighted by Gasteiger charge is 2.32. The van der Waals surface area contributed by atoms with Gasteiger partial charge in [0.1, 0.15) is 24.6 Å². The van der Waals surface area contributed by atoms with Crippen LogP contribution in [0.4, 0.5) is 9.59 Å². The third kappa shape index (κ3) is 9.59. The van der Waals surface area contributed by atoms with Gasteiger partial charge in [0.15, 0.2) is 0 Å². The number of aliphatic hydroxyl groups is 1. The lowest BCUT2D eigenvalue weighted by molar-refractivity contribution is -0.00411. The predicted molar refractivity (Wildman–Crippen MR) is 136 cm³/mol. The molecule has 3 N–H and O–H groups in total. The molecule has 1 unspecified atom stereocenters. The maximum atomic E-state index is 13.2. The van der Waals surface area contributed by atoms with E-state index in [1.165, 1.54) is 17.4 Å². The summed E-state index contributed by atoms with van der Waals surface area (Å²) in [5.41, 5.74) is 6.80. The highest BCUT2D eigenvalue weighted by Crippen LogP contribution is 2.22. The molecule has 1 heterocycles. The molecule has 0 saturated carbocycles. The first-order valence-electron chi connectivity index (χ1n) is 12.0. The molecule has 10 heteroatoms. The number of aryl methyl sites for hydroxylation is 1. The van der Waals surface area contributed by atoms with E-state index >= 15 is 0 Å². The van der Waals surface area contributed by atoms with Gasteiger partial charge >= 0.3 is 12.2 Å². The molecule has 0 aliphatic rings. The van der Waals surface area contributed by atoms with E-state index in [-0.39, 0.29) is 13.2 Å². The number of aromatic nitrogens is 1. The maximum absolute atomic E-state index is 13.2. The number of ether oxygens (including phenoxy) is 2. The summed E-state index contributed by atoms with van der Waals surface area (Å²) in [6.45, 7) is 5.23. The van der Waals surface area contributed by atoms with Crippen LogP contribution in [0.3, 0.4) is 0 Å². The van der Waals surface area contributed by atoms with Gasteiger partial charge in [-0.05, 0) is 44.7 Å². The highest BCUT2D eigenvalue weighted by molar-refractivity contribution is 5.69. The van der Waals surface area contributed by atoms with Gasteiger partial charge in [-0.1, -0.05) is 65.8 Å². The molecule has 198 valence electrons. The van der Waals surface area contributed by atoms with Crippen molar-refractivity contribution in [2.75, 3.05) is 6.54 Å². The molecule has 0 fully saturated rings. The molecule has 2 aromatic carbocycles. The Bertz CT molecular complexity index is 1090. The minimum atomic E-state index is -0.961. The van der Waals surface area contributed by atoms with Gasteiger partial charge in [-0.3, -0.25) is 10.3 Å². The normalized spacial score (nSPS) is 12.9. The fourth-order valence-electron chi connectivity index (χ4n) is 3.48. The molecule has 3 aromatic rings. The molecule has 0 saturated heterocycles. The maximum Gasteiger partial charge on any atom is 0.422 e. The van der Waals surface area contributed by atoms with Gasteiger partial charge in [-0.15, -0.1) is 0 Å². The van der Waals surface area contributed by atoms with Crippen LogP contribution in [0.2, 0.25) is 0 Å². The van der Waals surface area contributed by atoms with E-state index in [1.54, 1.807) is 20.8 Å². The predicted octanol–water partition coefficient (Wildman–Crippen LogP) is 4.34. The summed E-state index contributed by atoms with van der Waals surface area (Å²) in [6, 6.07) is 19.0. The largest absolute Gasteiger partial charge is 0.444 e. The molecule has 3 rings (SSSR count). The molecule has 1 aromatic heterocycles. The van der Waals surface area contributed by atoms with Crippen LogP contribution in [-0.2, 0) is 22.5 Å². The lowest BCUT2D eigenvalue weighted by Gasteiger charge is -2.34. The number of nitrogens with zero attached hydrogens (tertiary/aromatic N) is 2. The molecule has 37 heavy (non-hydrogen) atoms. The number of nitrogens with one attached hydrogen (secondary N) is 2. The summed E-state index contributed by atoms with van der Waals surface area (Å²) in [4.78, 5) is 26.9. The van der Waals surface area contributed by atoms with Gasteiger partial charge in [0.2, 0.25) is 0 Å². The summed E-state index contributed by atoms with van der Waals surface area (Å²) >= 11 is 0. The Kier molecular flexibility index (Phi) is 10.0. The topological polar surface area (TPSA) is 126 Å². The summed E-state index contributed by atoms with van der Waals surface area (Å²) in [6.07, 6.45) is 0.499. The third-order valence-electron chi connectivity index (χ3n) is 5.25. The van der Waals surface area contributed by atoms with Crippen LogP contribution in [0.25, 0.3) is 0 Å². The number of carbonyl (C=O) groups excluding carboxylic acids is 2. The molecule has 0 radical (unpaired) electrons. The zero-order valence-electron chi connectivity index (χ0n) is 21.3. The van der Waals surface area contributed by atoms with Gasteiger partial charge in [0.25, 0.3) is 0 Å². The highest BCUT2D eigenvalue weighted by atomic mass is 16.6. The minimum absolute atomic E-state index is 0.0697. The quantitative estimate of drug-likeness (QED) is 0.257. The Morgan fingerprint density at radius 3 is 2.30 bits per heavy atom. The molecular weight excluding hydrogens is 476 g/mol. The Morgan fingerprint density at radius 1 is 1.05 bits per heavy atom. The van der Waals surface area contributed by atoms with Crippen LogP contribution in [0.1, 0.15) is 50.0 Å². The van der Waals surface area contributed by atoms with Crippen LogP contribution in [0, 0.1) is 0 Å². The van der Waals surface area contributed by atoms with Crippen LogP contribution < -0.4 is 10.9 Å². The molecule has 0 aliphatic heterocycles. The molecule has 2 amide bonds. The van der Waals surface area contributed by atoms with Crippen molar-refractivity contribution >= 4 is 12.2 Å². The number of hydrogen-bond donors (Lipinski definition) is 3. The first-order valence-corrected chi connectivity index (χ1v) is 12.0. The summed E-state index contributed by atoms with van der Waals surface area (Å²) in [5, 5.41) is 14.6. The SMILES string of the molecule is CC(C)(C)OC(=O)N(C[C@@H](O)CCc1ccccc1)C(NNC(=O)OCc1ccccc1)c1cnoc1. The molecular formula is C27H34N4O6. The fourth-order valence-corrected chi connectivity index (χ4v) is 3.48. The van der Waals surface area contributed by atoms with Gasteiger partial charge < -0.3 is 19.1 Å². The van der Waals surface area contributed by atoms with E-state index < -0.39 is 30.1 Å². The van der Waals surface area contributed by atoms with Crippen molar-refractivity contribution in [2.24, 2.45) is 0 Å². The number of benzene rings is 2. The van der Waals surface area contributed by atoms with Crippen molar-refractivity contribution < 1.29 is 28.7 Å². The summed E-state index contributed by atoms with van der Waals surface area (Å²) in [7, 11) is 0. The van der Waals surface area contributed by atoms with E-state index in [2.05, 4.69) is 16.0 Å². The van der Waals surface area contributed by atoms with Crippen LogP contribution in [0.15, 0.2) is 77.6 Å². The van der Waals surface area contributed by atoms with Crippen molar-refractivity contribution in [1.82, 2.24) is 20.9 Å². The number of aliphatic hydroxyl groups excluding tert-OH is 1. The van der Waals surface area contributed by atoms with Crippen molar-refractivity contribution in [3.63, 3.8) is 0 Å². The van der Waals surface area contributed by atoms with Gasteiger partial charge in [0, 0.05) is 0 Å². The van der Waals surface area contributed by atoms with E-state index in [1.807, 2.05) is 60.7 Å². The van der Waals surface area contributed by atoms with Gasteiger partial charge in [0.05, 0.1) is 24.4 Å². The standard InChI is InChI=1S/C27H34N4O6/c1-27(2,3)37-26(34)31(17-23(32)15-14-20-10-6-4-7-11-20)24(22-16-28-36-19-22)29-30-25(33)35-18-21-12-8-5-9-13-21/h4-13,16,19,23-24,29,32H,14-15,17-18H2,1-3H3,(H,30,33)/t23-,24?/m0/s1. The van der Waals surface area contributed by atoms with E-state index in [9.17, 15) is 14.7 Å². The number of amides is 2. The Morgan fingerprint density at radius 2 is 1.70 bits per heavy atom. The first kappa shape index (κ1) is 27.7. The fraction of sp³-hybridized carbons (Fsp3) is 0.370. The van der Waals surface area contributed by atoms with Crippen molar-refractivity contribution in [2.45, 2.75) is 58.1 Å². The van der Waals surface area contributed by atoms with Crippen LogP contribution in [-0.4, -0.2) is 45.6 Å². The first-order chi connectivity index (χ1) is 17.7. The Labute approximate surface area is 216 Å². The number of hydrogen-bond acceptors (Lipinski definition) is 8. The second-order valence-electron chi connectivity index (χ2n) is 9.50. The van der Waals surface area contributed by atoms with Crippen LogP contribution >= 0.6 is 0 Å². The molecule has 0 bridgehead atoms. The van der Waals surface area contributed by atoms with Gasteiger partial charge in [-0.25, -0.2) is 15.0 Å². The average Bonchev–Trinajstić information content (AvgIpc) is 3.40.